The molecule has 9 heteroatoms. The van der Waals surface area contributed by atoms with E-state index in [1.807, 2.05) is 19.1 Å². The summed E-state index contributed by atoms with van der Waals surface area (Å²) in [4.78, 5) is 45.1. The second kappa shape index (κ2) is 11.8. The lowest BCUT2D eigenvalue weighted by molar-refractivity contribution is -0.155. The van der Waals surface area contributed by atoms with E-state index in [2.05, 4.69) is 13.2 Å². The van der Waals surface area contributed by atoms with Crippen molar-refractivity contribution < 1.29 is 24.2 Å². The number of amides is 2. The number of ether oxygens (including phenoxy) is 1. The minimum Gasteiger partial charge on any atom is -0.465 e. The highest BCUT2D eigenvalue weighted by atomic mass is 35.5. The Morgan fingerprint density at radius 3 is 2.68 bits per heavy atom. The third kappa shape index (κ3) is 4.91. The Bertz CT molecular complexity index is 1100. The first kappa shape index (κ1) is 28.7. The van der Waals surface area contributed by atoms with Crippen LogP contribution in [0.4, 0.5) is 5.69 Å². The zero-order valence-corrected chi connectivity index (χ0v) is 23.5. The molecule has 1 aromatic rings. The van der Waals surface area contributed by atoms with Crippen LogP contribution >= 0.6 is 23.4 Å². The van der Waals surface area contributed by atoms with Gasteiger partial charge in [0.2, 0.25) is 5.91 Å². The van der Waals surface area contributed by atoms with Gasteiger partial charge in [0.1, 0.15) is 6.04 Å². The number of nitrogens with zero attached hydrogens (tertiary/aromatic N) is 2. The van der Waals surface area contributed by atoms with Crippen LogP contribution in [-0.2, 0) is 19.1 Å². The van der Waals surface area contributed by atoms with E-state index in [1.165, 1.54) is 0 Å². The molecule has 4 rings (SSSR count). The van der Waals surface area contributed by atoms with E-state index in [9.17, 15) is 19.5 Å². The fourth-order valence-corrected chi connectivity index (χ4v) is 9.03. The number of para-hydroxylation sites is 1. The maximum atomic E-state index is 14.4. The number of hydrogen-bond acceptors (Lipinski definition) is 6. The van der Waals surface area contributed by atoms with Gasteiger partial charge >= 0.3 is 5.97 Å². The van der Waals surface area contributed by atoms with Gasteiger partial charge in [0.25, 0.3) is 5.91 Å². The monoisotopic (exact) mass is 560 g/mol. The summed E-state index contributed by atoms with van der Waals surface area (Å²) < 4.78 is 4.45. The summed E-state index contributed by atoms with van der Waals surface area (Å²) in [6.07, 6.45) is 7.64. The molecule has 0 saturated carbocycles. The summed E-state index contributed by atoms with van der Waals surface area (Å²) in [6, 6.07) is 6.32. The molecule has 0 radical (unpaired) electrons. The predicted molar refractivity (Wildman–Crippen MR) is 151 cm³/mol. The van der Waals surface area contributed by atoms with Gasteiger partial charge in [-0.15, -0.1) is 24.9 Å². The molecule has 3 fully saturated rings. The highest BCUT2D eigenvalue weighted by Gasteiger charge is 2.77. The highest BCUT2D eigenvalue weighted by Crippen LogP contribution is 2.71. The number of rotatable bonds is 13. The summed E-state index contributed by atoms with van der Waals surface area (Å²) in [5.74, 6) is -2.10. The van der Waals surface area contributed by atoms with Crippen molar-refractivity contribution in [3.8, 4) is 0 Å². The summed E-state index contributed by atoms with van der Waals surface area (Å²) in [5.41, 5.74) is 0.549. The van der Waals surface area contributed by atoms with E-state index in [-0.39, 0.29) is 37.5 Å². The first-order valence-corrected chi connectivity index (χ1v) is 14.5. The lowest BCUT2D eigenvalue weighted by Crippen LogP contribution is -2.55. The van der Waals surface area contributed by atoms with Crippen LogP contribution in [0.15, 0.2) is 49.6 Å². The number of fused-ring (bicyclic) bond motifs is 1. The smallest absolute Gasteiger partial charge is 0.311 e. The number of halogens is 1. The largest absolute Gasteiger partial charge is 0.465 e. The Balaban J connectivity index is 1.69. The molecule has 3 heterocycles. The predicted octanol–water partition coefficient (Wildman–Crippen LogP) is 4.62. The van der Waals surface area contributed by atoms with Crippen LogP contribution in [-0.4, -0.2) is 69.6 Å². The van der Waals surface area contributed by atoms with Gasteiger partial charge < -0.3 is 19.6 Å². The fourth-order valence-electron chi connectivity index (χ4n) is 6.45. The van der Waals surface area contributed by atoms with Crippen molar-refractivity contribution >= 4 is 46.8 Å². The van der Waals surface area contributed by atoms with Gasteiger partial charge in [0.05, 0.1) is 33.9 Å². The summed E-state index contributed by atoms with van der Waals surface area (Å²) in [5, 5.41) is 10.00. The number of allylic oxidation sites excluding steroid dienone is 1. The van der Waals surface area contributed by atoms with Crippen molar-refractivity contribution in [3.05, 3.63) is 54.6 Å². The van der Waals surface area contributed by atoms with Gasteiger partial charge in [-0.1, -0.05) is 35.9 Å². The minimum absolute atomic E-state index is 0.107. The lowest BCUT2D eigenvalue weighted by Gasteiger charge is -2.37. The van der Waals surface area contributed by atoms with E-state index in [1.54, 1.807) is 45.8 Å². The summed E-state index contributed by atoms with van der Waals surface area (Å²) in [7, 11) is 0. The normalized spacial score (nSPS) is 29.3. The molecule has 3 saturated heterocycles. The zero-order valence-electron chi connectivity index (χ0n) is 21.9. The number of carbonyl (C=O) groups is 3. The molecule has 206 valence electrons. The summed E-state index contributed by atoms with van der Waals surface area (Å²) >= 11 is 8.10. The quantitative estimate of drug-likeness (QED) is 0.215. The van der Waals surface area contributed by atoms with Crippen molar-refractivity contribution in [2.24, 2.45) is 11.8 Å². The third-order valence-corrected chi connectivity index (χ3v) is 10.4. The molecule has 38 heavy (non-hydrogen) atoms. The second-order valence-electron chi connectivity index (χ2n) is 10.5. The number of carbonyl (C=O) groups excluding carboxylic acids is 3. The SMILES string of the molecule is C=CCCCCOC(=O)[C@H]1[C@H]2C(=O)N(CCCO)C(C(=O)N(CC=C)c3ccccc3Cl)C23CC[C@]1(C)S3. The van der Waals surface area contributed by atoms with Crippen molar-refractivity contribution in [3.63, 3.8) is 0 Å². The van der Waals surface area contributed by atoms with Gasteiger partial charge in [-0.2, -0.15) is 0 Å². The molecule has 2 bridgehead atoms. The Hall–Kier alpha value is -2.29. The number of anilines is 1. The van der Waals surface area contributed by atoms with E-state index in [0.29, 0.717) is 36.6 Å². The fraction of sp³-hybridized carbons (Fsp3) is 0.552. The molecule has 3 aliphatic heterocycles. The molecule has 2 unspecified atom stereocenters. The van der Waals surface area contributed by atoms with Crippen LogP contribution in [0.3, 0.4) is 0 Å². The molecule has 1 N–H and O–H groups in total. The molecule has 2 amide bonds. The van der Waals surface area contributed by atoms with Crippen molar-refractivity contribution in [1.82, 2.24) is 4.90 Å². The average molecular weight is 561 g/mol. The average Bonchev–Trinajstić information content (AvgIpc) is 3.46. The number of aliphatic hydroxyl groups is 1. The van der Waals surface area contributed by atoms with Gasteiger partial charge in [0, 0.05) is 24.4 Å². The van der Waals surface area contributed by atoms with E-state index in [4.69, 9.17) is 16.3 Å². The number of hydrogen-bond donors (Lipinski definition) is 1. The van der Waals surface area contributed by atoms with Crippen molar-refractivity contribution in [2.75, 3.05) is 31.2 Å². The summed E-state index contributed by atoms with van der Waals surface area (Å²) in [6.45, 7) is 10.2. The van der Waals surface area contributed by atoms with Gasteiger partial charge in [-0.25, -0.2) is 0 Å². The van der Waals surface area contributed by atoms with E-state index in [0.717, 1.165) is 19.3 Å². The molecule has 5 atom stereocenters. The van der Waals surface area contributed by atoms with Crippen LogP contribution in [0.1, 0.15) is 45.4 Å². The van der Waals surface area contributed by atoms with Crippen LogP contribution < -0.4 is 4.90 Å². The number of esters is 1. The molecular weight excluding hydrogens is 524 g/mol. The molecule has 0 aliphatic carbocycles. The topological polar surface area (TPSA) is 87.1 Å². The van der Waals surface area contributed by atoms with E-state index < -0.39 is 27.4 Å². The Morgan fingerprint density at radius 2 is 2.00 bits per heavy atom. The van der Waals surface area contributed by atoms with Gasteiger partial charge in [-0.3, -0.25) is 14.4 Å². The van der Waals surface area contributed by atoms with E-state index >= 15 is 0 Å². The molecule has 1 aromatic carbocycles. The number of benzene rings is 1. The van der Waals surface area contributed by atoms with Crippen LogP contribution in [0.2, 0.25) is 5.02 Å². The van der Waals surface area contributed by atoms with Crippen LogP contribution in [0.5, 0.6) is 0 Å². The number of likely N-dealkylation sites (tertiary alicyclic amines) is 1. The standard InChI is InChI=1S/C29H37ClN2O5S/c1-4-6-7-10-19-37-27(36)23-22-25(34)32(17-11-18-33)24(29(22)15-14-28(23,3)38-29)26(35)31(16-5-2)21-13-9-8-12-20(21)30/h4-5,8-9,12-13,22-24,33H,1-2,6-7,10-11,14-19H2,3H3/t22-,23+,24?,28-,29?/m0/s1. The van der Waals surface area contributed by atoms with Crippen LogP contribution in [0, 0.1) is 11.8 Å². The lowest BCUT2D eigenvalue weighted by atomic mass is 9.66. The molecule has 7 nitrogen and oxygen atoms in total. The number of aliphatic hydroxyl groups excluding tert-OH is 1. The molecule has 0 aromatic heterocycles. The highest BCUT2D eigenvalue weighted by molar-refractivity contribution is 8.02. The first-order chi connectivity index (χ1) is 18.3. The van der Waals surface area contributed by atoms with Gasteiger partial charge in [0.15, 0.2) is 0 Å². The van der Waals surface area contributed by atoms with Crippen molar-refractivity contribution in [2.45, 2.75) is 61.0 Å². The Kier molecular flexibility index (Phi) is 8.95. The molecular formula is C29H37ClN2O5S. The third-order valence-electron chi connectivity index (χ3n) is 8.09. The maximum absolute atomic E-state index is 14.4. The number of unbranched alkanes of at least 4 members (excludes halogenated alkanes) is 2. The van der Waals surface area contributed by atoms with Gasteiger partial charge in [-0.05, 0) is 57.6 Å². The Morgan fingerprint density at radius 1 is 1.24 bits per heavy atom. The van der Waals surface area contributed by atoms with Crippen molar-refractivity contribution in [1.29, 1.82) is 0 Å². The molecule has 3 aliphatic rings. The first-order valence-electron chi connectivity index (χ1n) is 13.3. The minimum atomic E-state index is -0.792. The van der Waals surface area contributed by atoms with Crippen LogP contribution in [0.25, 0.3) is 0 Å². The maximum Gasteiger partial charge on any atom is 0.311 e. The second-order valence-corrected chi connectivity index (χ2v) is 12.8. The zero-order chi connectivity index (χ0) is 27.5. The Labute approximate surface area is 234 Å². The number of thioether (sulfide) groups is 1. The molecule has 1 spiro atoms.